The van der Waals surface area contributed by atoms with Crippen molar-refractivity contribution in [2.45, 2.75) is 6.18 Å². The Labute approximate surface area is 161 Å². The maximum atomic E-state index is 14.2. The van der Waals surface area contributed by atoms with Crippen LogP contribution in [0, 0.1) is 0 Å². The zero-order valence-electron chi connectivity index (χ0n) is 13.8. The first kappa shape index (κ1) is 17.7. The van der Waals surface area contributed by atoms with Gasteiger partial charge in [-0.05, 0) is 29.8 Å². The lowest BCUT2D eigenvalue weighted by Crippen LogP contribution is -2.12. The molecule has 4 rings (SSSR count). The number of hydrogen-bond acceptors (Lipinski definition) is 2. The molecule has 134 valence electrons. The molecule has 0 aliphatic rings. The van der Waals surface area contributed by atoms with Crippen LogP contribution in [0.15, 0.2) is 77.4 Å². The van der Waals surface area contributed by atoms with E-state index in [1.54, 1.807) is 66.7 Å². The van der Waals surface area contributed by atoms with Crippen LogP contribution in [0.3, 0.4) is 0 Å². The number of nitrogens with zero attached hydrogens (tertiary/aromatic N) is 2. The van der Waals surface area contributed by atoms with E-state index in [1.807, 2.05) is 0 Å². The van der Waals surface area contributed by atoms with E-state index in [-0.39, 0.29) is 16.9 Å². The van der Waals surface area contributed by atoms with Crippen molar-refractivity contribution in [1.82, 2.24) is 9.97 Å². The molecule has 0 amide bonds. The van der Waals surface area contributed by atoms with Crippen LogP contribution in [0.4, 0.5) is 13.2 Å². The highest BCUT2D eigenvalue weighted by molar-refractivity contribution is 9.10. The van der Waals surface area contributed by atoms with E-state index in [0.717, 1.165) is 4.47 Å². The Bertz CT molecular complexity index is 1110. The summed E-state index contributed by atoms with van der Waals surface area (Å²) in [7, 11) is 0. The molecule has 2 aromatic carbocycles. The lowest BCUT2D eigenvalue weighted by molar-refractivity contribution is -0.136. The third-order valence-electron chi connectivity index (χ3n) is 4.22. The molecular weight excluding hydrogens is 417 g/mol. The number of rotatable bonds is 2. The maximum Gasteiger partial charge on any atom is 0.419 e. The summed E-state index contributed by atoms with van der Waals surface area (Å²) in [5.74, 6) is 0. The summed E-state index contributed by atoms with van der Waals surface area (Å²) in [4.78, 5) is 8.49. The van der Waals surface area contributed by atoms with Crippen molar-refractivity contribution < 1.29 is 13.2 Å². The van der Waals surface area contributed by atoms with Crippen molar-refractivity contribution >= 4 is 27.0 Å². The van der Waals surface area contributed by atoms with E-state index < -0.39 is 11.7 Å². The first-order chi connectivity index (χ1) is 12.9. The fraction of sp³-hybridized carbons (Fsp3) is 0.0476. The number of benzene rings is 2. The van der Waals surface area contributed by atoms with Gasteiger partial charge in [-0.15, -0.1) is 0 Å². The Kier molecular flexibility index (Phi) is 4.44. The molecule has 2 nitrogen and oxygen atoms in total. The standard InChI is InChI=1S/C21H12BrF3N2/c22-15-10-8-14(9-11-15)19-18(21(23,24)25)17(13-5-2-1-3-6-13)16-7-4-12-26-20(16)27-19/h1-12H. The monoisotopic (exact) mass is 428 g/mol. The third-order valence-corrected chi connectivity index (χ3v) is 4.75. The predicted molar refractivity (Wildman–Crippen MR) is 103 cm³/mol. The maximum absolute atomic E-state index is 14.2. The van der Waals surface area contributed by atoms with Crippen LogP contribution < -0.4 is 0 Å². The lowest BCUT2D eigenvalue weighted by Gasteiger charge is -2.19. The average Bonchev–Trinajstić information content (AvgIpc) is 2.67. The topological polar surface area (TPSA) is 25.8 Å². The zero-order valence-corrected chi connectivity index (χ0v) is 15.4. The molecule has 0 spiro atoms. The molecule has 27 heavy (non-hydrogen) atoms. The molecule has 4 aromatic rings. The van der Waals surface area contributed by atoms with Gasteiger partial charge in [0.15, 0.2) is 5.65 Å². The van der Waals surface area contributed by atoms with Crippen LogP contribution in [0.25, 0.3) is 33.4 Å². The van der Waals surface area contributed by atoms with Gasteiger partial charge in [-0.2, -0.15) is 13.2 Å². The summed E-state index contributed by atoms with van der Waals surface area (Å²) in [6.07, 6.45) is -3.05. The first-order valence-electron chi connectivity index (χ1n) is 8.12. The fourth-order valence-electron chi connectivity index (χ4n) is 3.09. The summed E-state index contributed by atoms with van der Waals surface area (Å²) in [6.45, 7) is 0. The minimum absolute atomic E-state index is 0.0964. The van der Waals surface area contributed by atoms with Crippen molar-refractivity contribution in [3.63, 3.8) is 0 Å². The summed E-state index contributed by atoms with van der Waals surface area (Å²) in [6, 6.07) is 18.4. The summed E-state index contributed by atoms with van der Waals surface area (Å²) in [5.41, 5.74) is 0.358. The molecule has 0 atom stereocenters. The number of fused-ring (bicyclic) bond motifs is 1. The minimum Gasteiger partial charge on any atom is -0.237 e. The van der Waals surface area contributed by atoms with Crippen molar-refractivity contribution in [3.05, 3.63) is 83.0 Å². The van der Waals surface area contributed by atoms with Crippen LogP contribution >= 0.6 is 15.9 Å². The third kappa shape index (κ3) is 3.32. The Morgan fingerprint density at radius 1 is 0.778 bits per heavy atom. The molecule has 0 aliphatic carbocycles. The average molecular weight is 429 g/mol. The normalized spacial score (nSPS) is 11.7. The number of alkyl halides is 3. The van der Waals surface area contributed by atoms with Crippen molar-refractivity contribution in [2.24, 2.45) is 0 Å². The van der Waals surface area contributed by atoms with Gasteiger partial charge in [0.2, 0.25) is 0 Å². The van der Waals surface area contributed by atoms with E-state index in [4.69, 9.17) is 0 Å². The Balaban J connectivity index is 2.17. The molecule has 0 saturated carbocycles. The highest BCUT2D eigenvalue weighted by Gasteiger charge is 2.39. The summed E-state index contributed by atoms with van der Waals surface area (Å²) in [5, 5.41) is 0.372. The zero-order chi connectivity index (χ0) is 19.0. The van der Waals surface area contributed by atoms with E-state index in [0.29, 0.717) is 16.5 Å². The fourth-order valence-corrected chi connectivity index (χ4v) is 3.36. The van der Waals surface area contributed by atoms with Gasteiger partial charge in [0, 0.05) is 27.2 Å². The largest absolute Gasteiger partial charge is 0.419 e. The first-order valence-corrected chi connectivity index (χ1v) is 8.92. The van der Waals surface area contributed by atoms with Crippen LogP contribution in [0.2, 0.25) is 0 Å². The van der Waals surface area contributed by atoms with Crippen LogP contribution in [-0.4, -0.2) is 9.97 Å². The number of hydrogen-bond donors (Lipinski definition) is 0. The minimum atomic E-state index is -4.58. The van der Waals surface area contributed by atoms with Crippen molar-refractivity contribution in [2.75, 3.05) is 0 Å². The Morgan fingerprint density at radius 2 is 1.48 bits per heavy atom. The van der Waals surface area contributed by atoms with Gasteiger partial charge >= 0.3 is 6.18 Å². The molecule has 0 N–H and O–H groups in total. The highest BCUT2D eigenvalue weighted by Crippen LogP contribution is 2.45. The second-order valence-corrected chi connectivity index (χ2v) is 6.87. The van der Waals surface area contributed by atoms with Gasteiger partial charge in [-0.1, -0.05) is 58.4 Å². The van der Waals surface area contributed by atoms with Gasteiger partial charge in [0.05, 0.1) is 11.3 Å². The Morgan fingerprint density at radius 3 is 2.15 bits per heavy atom. The van der Waals surface area contributed by atoms with E-state index in [9.17, 15) is 13.2 Å². The molecule has 0 unspecified atom stereocenters. The molecule has 0 radical (unpaired) electrons. The van der Waals surface area contributed by atoms with E-state index in [2.05, 4.69) is 25.9 Å². The van der Waals surface area contributed by atoms with Gasteiger partial charge in [-0.3, -0.25) is 0 Å². The molecule has 0 saturated heterocycles. The van der Waals surface area contributed by atoms with Crippen LogP contribution in [0.1, 0.15) is 5.56 Å². The molecule has 2 heterocycles. The van der Waals surface area contributed by atoms with Crippen LogP contribution in [-0.2, 0) is 6.18 Å². The molecular formula is C21H12BrF3N2. The smallest absolute Gasteiger partial charge is 0.237 e. The van der Waals surface area contributed by atoms with Gasteiger partial charge in [0.25, 0.3) is 0 Å². The molecule has 6 heteroatoms. The second kappa shape index (κ2) is 6.78. The predicted octanol–water partition coefficient (Wildman–Crippen LogP) is 6.75. The quantitative estimate of drug-likeness (QED) is 0.353. The molecule has 0 fully saturated rings. The van der Waals surface area contributed by atoms with Crippen LogP contribution in [0.5, 0.6) is 0 Å². The van der Waals surface area contributed by atoms with Gasteiger partial charge < -0.3 is 0 Å². The van der Waals surface area contributed by atoms with E-state index in [1.165, 1.54) is 6.20 Å². The van der Waals surface area contributed by atoms with Gasteiger partial charge in [-0.25, -0.2) is 9.97 Å². The molecule has 2 aromatic heterocycles. The second-order valence-electron chi connectivity index (χ2n) is 5.96. The molecule has 0 aliphatic heterocycles. The highest BCUT2D eigenvalue weighted by atomic mass is 79.9. The number of aromatic nitrogens is 2. The lowest BCUT2D eigenvalue weighted by atomic mass is 9.92. The molecule has 0 bridgehead atoms. The number of halogens is 4. The number of pyridine rings is 2. The summed E-state index contributed by atoms with van der Waals surface area (Å²) < 4.78 is 43.4. The summed E-state index contributed by atoms with van der Waals surface area (Å²) >= 11 is 3.31. The Hall–Kier alpha value is -2.73. The SMILES string of the molecule is FC(F)(F)c1c(-c2ccc(Br)cc2)nc2ncccc2c1-c1ccccc1. The van der Waals surface area contributed by atoms with E-state index >= 15 is 0 Å². The van der Waals surface area contributed by atoms with Crippen molar-refractivity contribution in [1.29, 1.82) is 0 Å². The van der Waals surface area contributed by atoms with Crippen molar-refractivity contribution in [3.8, 4) is 22.4 Å². The van der Waals surface area contributed by atoms with Gasteiger partial charge in [0.1, 0.15) is 0 Å².